The molecule has 0 amide bonds. The molecule has 1 aromatic heterocycles. The molecule has 2 heterocycles. The molecule has 1 aliphatic rings. The van der Waals surface area contributed by atoms with Crippen LogP contribution in [0.1, 0.15) is 10.4 Å². The summed E-state index contributed by atoms with van der Waals surface area (Å²) in [7, 11) is -3.62. The van der Waals surface area contributed by atoms with E-state index in [9.17, 15) is 18.3 Å². The predicted octanol–water partition coefficient (Wildman–Crippen LogP) is 2.39. The molecule has 0 radical (unpaired) electrons. The van der Waals surface area contributed by atoms with E-state index in [1.54, 1.807) is 24.3 Å². The van der Waals surface area contributed by atoms with Crippen LogP contribution in [0.3, 0.4) is 0 Å². The lowest BCUT2D eigenvalue weighted by Gasteiger charge is -2.25. The summed E-state index contributed by atoms with van der Waals surface area (Å²) >= 11 is 0.970. The minimum atomic E-state index is -3.62. The summed E-state index contributed by atoms with van der Waals surface area (Å²) in [5.74, 6) is -1.10. The molecule has 1 fully saturated rings. The molecule has 25 heavy (non-hydrogen) atoms. The summed E-state index contributed by atoms with van der Waals surface area (Å²) in [4.78, 5) is 12.0. The Kier molecular flexibility index (Phi) is 5.33. The van der Waals surface area contributed by atoms with Crippen molar-refractivity contribution in [2.75, 3.05) is 26.3 Å². The summed E-state index contributed by atoms with van der Waals surface area (Å²) in [6.07, 6.45) is 1.54. The first-order valence-corrected chi connectivity index (χ1v) is 9.92. The average molecular weight is 379 g/mol. The Hall–Kier alpha value is -2.00. The number of aliphatic carboxylic acids is 1. The zero-order chi connectivity index (χ0) is 17.9. The molecule has 3 rings (SSSR count). The number of rotatable bonds is 5. The second-order valence-electron chi connectivity index (χ2n) is 5.41. The maximum Gasteiger partial charge on any atom is 0.337 e. The number of hydrogen-bond donors (Lipinski definition) is 1. The van der Waals surface area contributed by atoms with Crippen molar-refractivity contribution >= 4 is 39.0 Å². The van der Waals surface area contributed by atoms with Crippen molar-refractivity contribution in [3.63, 3.8) is 0 Å². The summed E-state index contributed by atoms with van der Waals surface area (Å²) in [6.45, 7) is 1.35. The van der Waals surface area contributed by atoms with Crippen molar-refractivity contribution in [1.82, 2.24) is 4.31 Å². The molecule has 1 aromatic carbocycles. The summed E-state index contributed by atoms with van der Waals surface area (Å²) < 4.78 is 32.0. The number of carboxylic acid groups (broad SMARTS) is 1. The number of carbonyl (C=O) groups is 1. The Bertz CT molecular complexity index is 881. The van der Waals surface area contributed by atoms with Crippen LogP contribution in [0.25, 0.3) is 11.6 Å². The third kappa shape index (κ3) is 3.98. The number of carboxylic acids is 1. The van der Waals surface area contributed by atoms with Gasteiger partial charge in [-0.05, 0) is 23.8 Å². The Balaban J connectivity index is 1.93. The highest BCUT2D eigenvalue weighted by molar-refractivity contribution is 7.91. The van der Waals surface area contributed by atoms with Gasteiger partial charge < -0.3 is 9.84 Å². The van der Waals surface area contributed by atoms with Crippen LogP contribution in [0, 0.1) is 0 Å². The Morgan fingerprint density at radius 2 is 1.80 bits per heavy atom. The van der Waals surface area contributed by atoms with Gasteiger partial charge in [0.2, 0.25) is 0 Å². The number of hydrogen-bond acceptors (Lipinski definition) is 5. The van der Waals surface area contributed by atoms with Crippen LogP contribution in [0.2, 0.25) is 0 Å². The smallest absolute Gasteiger partial charge is 0.337 e. The van der Waals surface area contributed by atoms with Gasteiger partial charge in [0.15, 0.2) is 0 Å². The van der Waals surface area contributed by atoms with E-state index in [0.717, 1.165) is 16.9 Å². The second-order valence-corrected chi connectivity index (χ2v) is 8.66. The van der Waals surface area contributed by atoms with Crippen LogP contribution in [0.4, 0.5) is 0 Å². The molecule has 1 saturated heterocycles. The fourth-order valence-corrected chi connectivity index (χ4v) is 5.35. The third-order valence-corrected chi connectivity index (χ3v) is 7.24. The number of benzene rings is 1. The molecule has 8 heteroatoms. The Morgan fingerprint density at radius 1 is 1.12 bits per heavy atom. The molecule has 0 atom stereocenters. The minimum Gasteiger partial charge on any atom is -0.478 e. The van der Waals surface area contributed by atoms with Crippen LogP contribution in [0.15, 0.2) is 46.7 Å². The molecule has 2 aromatic rings. The maximum atomic E-state index is 12.7. The summed E-state index contributed by atoms with van der Waals surface area (Å²) in [5.41, 5.74) is 0.811. The molecule has 132 valence electrons. The van der Waals surface area contributed by atoms with Crippen LogP contribution in [0.5, 0.6) is 0 Å². The highest BCUT2D eigenvalue weighted by atomic mass is 32.2. The van der Waals surface area contributed by atoms with Gasteiger partial charge in [0.25, 0.3) is 10.0 Å². The first kappa shape index (κ1) is 17.8. The van der Waals surface area contributed by atoms with E-state index >= 15 is 0 Å². The number of thiophene rings is 1. The number of nitrogens with zero attached hydrogens (tertiary/aromatic N) is 1. The number of morpholine rings is 1. The molecule has 0 unspecified atom stereocenters. The fraction of sp³-hybridized carbons (Fsp3) is 0.235. The van der Waals surface area contributed by atoms with Gasteiger partial charge in [0.1, 0.15) is 4.21 Å². The molecule has 0 saturated carbocycles. The highest BCUT2D eigenvalue weighted by Crippen LogP contribution is 2.31. The van der Waals surface area contributed by atoms with Gasteiger partial charge in [-0.2, -0.15) is 4.31 Å². The van der Waals surface area contributed by atoms with Crippen molar-refractivity contribution in [3.05, 3.63) is 52.9 Å². The van der Waals surface area contributed by atoms with Crippen LogP contribution < -0.4 is 0 Å². The second kappa shape index (κ2) is 7.49. The largest absolute Gasteiger partial charge is 0.478 e. The van der Waals surface area contributed by atoms with E-state index in [1.807, 2.05) is 18.2 Å². The number of sulfonamides is 1. The van der Waals surface area contributed by atoms with E-state index in [0.29, 0.717) is 31.2 Å². The van der Waals surface area contributed by atoms with E-state index in [2.05, 4.69) is 0 Å². The van der Waals surface area contributed by atoms with Gasteiger partial charge in [-0.1, -0.05) is 30.3 Å². The molecular formula is C17H17NO5S2. The standard InChI is InChI=1S/C17H17NO5S2/c19-17(20)14(12-13-4-2-1-3-5-13)15-6-7-16(24-15)25(21,22)18-8-10-23-11-9-18/h1-7,12H,8-11H2,(H,19,20)/b14-12-. The van der Waals surface area contributed by atoms with E-state index in [-0.39, 0.29) is 9.78 Å². The fourth-order valence-electron chi connectivity index (χ4n) is 2.47. The third-order valence-electron chi connectivity index (χ3n) is 3.75. The monoisotopic (exact) mass is 379 g/mol. The Labute approximate surface area is 150 Å². The molecular weight excluding hydrogens is 362 g/mol. The molecule has 6 nitrogen and oxygen atoms in total. The SMILES string of the molecule is O=C(O)/C(=C\c1ccccc1)c1ccc(S(=O)(=O)N2CCOCC2)s1. The summed E-state index contributed by atoms with van der Waals surface area (Å²) in [6, 6.07) is 12.1. The molecule has 0 bridgehead atoms. The van der Waals surface area contributed by atoms with Crippen LogP contribution >= 0.6 is 11.3 Å². The lowest BCUT2D eigenvalue weighted by molar-refractivity contribution is -0.130. The average Bonchev–Trinajstić information content (AvgIpc) is 3.11. The number of ether oxygens (including phenoxy) is 1. The molecule has 1 N–H and O–H groups in total. The lowest BCUT2D eigenvalue weighted by atomic mass is 10.1. The highest BCUT2D eigenvalue weighted by Gasteiger charge is 2.28. The van der Waals surface area contributed by atoms with Crippen LogP contribution in [-0.4, -0.2) is 50.1 Å². The molecule has 0 spiro atoms. The predicted molar refractivity (Wildman–Crippen MR) is 95.8 cm³/mol. The Morgan fingerprint density at radius 3 is 2.44 bits per heavy atom. The van der Waals surface area contributed by atoms with Crippen molar-refractivity contribution in [2.24, 2.45) is 0 Å². The maximum absolute atomic E-state index is 12.7. The quantitative estimate of drug-likeness (QED) is 0.807. The van der Waals surface area contributed by atoms with Gasteiger partial charge >= 0.3 is 5.97 Å². The van der Waals surface area contributed by atoms with E-state index in [1.165, 1.54) is 10.4 Å². The van der Waals surface area contributed by atoms with Crippen molar-refractivity contribution in [1.29, 1.82) is 0 Å². The zero-order valence-corrected chi connectivity index (χ0v) is 14.9. The van der Waals surface area contributed by atoms with Gasteiger partial charge in [-0.15, -0.1) is 11.3 Å². The topological polar surface area (TPSA) is 83.9 Å². The molecule has 1 aliphatic heterocycles. The summed E-state index contributed by atoms with van der Waals surface area (Å²) in [5, 5.41) is 9.51. The first-order chi connectivity index (χ1) is 12.0. The minimum absolute atomic E-state index is 0.0691. The van der Waals surface area contributed by atoms with Crippen LogP contribution in [-0.2, 0) is 19.6 Å². The normalized spacial score (nSPS) is 16.7. The molecule has 0 aliphatic carbocycles. The van der Waals surface area contributed by atoms with Gasteiger partial charge in [0.05, 0.1) is 18.8 Å². The zero-order valence-electron chi connectivity index (χ0n) is 13.3. The first-order valence-electron chi connectivity index (χ1n) is 7.66. The van der Waals surface area contributed by atoms with Crippen molar-refractivity contribution in [2.45, 2.75) is 4.21 Å². The lowest BCUT2D eigenvalue weighted by Crippen LogP contribution is -2.40. The van der Waals surface area contributed by atoms with Crippen molar-refractivity contribution in [3.8, 4) is 0 Å². The van der Waals surface area contributed by atoms with Gasteiger partial charge in [-0.3, -0.25) is 0 Å². The van der Waals surface area contributed by atoms with Gasteiger partial charge in [0, 0.05) is 18.0 Å². The van der Waals surface area contributed by atoms with E-state index in [4.69, 9.17) is 4.74 Å². The van der Waals surface area contributed by atoms with Gasteiger partial charge in [-0.25, -0.2) is 13.2 Å². The van der Waals surface area contributed by atoms with E-state index < -0.39 is 16.0 Å². The van der Waals surface area contributed by atoms with Crippen molar-refractivity contribution < 1.29 is 23.1 Å².